The predicted octanol–water partition coefficient (Wildman–Crippen LogP) is 4.81. The van der Waals surface area contributed by atoms with Crippen molar-refractivity contribution in [2.45, 2.75) is 71.3 Å². The second-order valence-corrected chi connectivity index (χ2v) is 7.23. The molecular weight excluding hydrogens is 308 g/mol. The number of para-hydroxylation sites is 1. The second-order valence-electron chi connectivity index (χ2n) is 7.23. The van der Waals surface area contributed by atoms with E-state index in [1.165, 1.54) is 11.1 Å². The van der Waals surface area contributed by atoms with Crippen molar-refractivity contribution >= 4 is 24.0 Å². The van der Waals surface area contributed by atoms with Crippen LogP contribution < -0.4 is 11.1 Å². The molecule has 0 unspecified atom stereocenters. The van der Waals surface area contributed by atoms with Crippen molar-refractivity contribution in [3.8, 4) is 0 Å². The lowest BCUT2D eigenvalue weighted by Crippen LogP contribution is -2.28. The fourth-order valence-corrected chi connectivity index (χ4v) is 3.44. The van der Waals surface area contributed by atoms with E-state index in [-0.39, 0.29) is 24.4 Å². The molecule has 4 heteroatoms. The zero-order valence-electron chi connectivity index (χ0n) is 14.8. The summed E-state index contributed by atoms with van der Waals surface area (Å²) in [6.07, 6.45) is 3.83. The second kappa shape index (κ2) is 8.70. The summed E-state index contributed by atoms with van der Waals surface area (Å²) in [5.41, 5.74) is 9.55. The van der Waals surface area contributed by atoms with Crippen LogP contribution in [-0.4, -0.2) is 11.9 Å². The smallest absolute Gasteiger partial charge is 0.224 e. The lowest BCUT2D eigenvalue weighted by atomic mass is 9.92. The molecule has 0 aliphatic heterocycles. The van der Waals surface area contributed by atoms with Crippen molar-refractivity contribution in [3.05, 3.63) is 29.3 Å². The number of carbonyl (C=O) groups is 1. The lowest BCUT2D eigenvalue weighted by molar-refractivity contribution is -0.117. The molecule has 0 saturated heterocycles. The van der Waals surface area contributed by atoms with Gasteiger partial charge in [0.05, 0.1) is 0 Å². The molecule has 1 aromatic rings. The minimum absolute atomic E-state index is 0. The molecule has 130 valence electrons. The van der Waals surface area contributed by atoms with Crippen LogP contribution in [0.15, 0.2) is 18.2 Å². The largest absolute Gasteiger partial charge is 0.327 e. The summed E-state index contributed by atoms with van der Waals surface area (Å²) in [6, 6.07) is 6.52. The standard InChI is InChI=1S/C19H30N2O.ClH/c1-12(2)15-8-6-9-16(13(3)4)19(15)21-18(22)11-14-7-5-10-17(14)20;/h6,8-9,12-14,17H,5,7,10-11,20H2,1-4H3,(H,21,22);1H/t14-,17+;/m0./s1. The van der Waals surface area contributed by atoms with Crippen molar-refractivity contribution in [2.24, 2.45) is 11.7 Å². The van der Waals surface area contributed by atoms with Gasteiger partial charge in [-0.15, -0.1) is 12.4 Å². The van der Waals surface area contributed by atoms with Gasteiger partial charge in [0.25, 0.3) is 0 Å². The first-order chi connectivity index (χ1) is 10.4. The van der Waals surface area contributed by atoms with Gasteiger partial charge in [0, 0.05) is 18.2 Å². The maximum atomic E-state index is 12.5. The van der Waals surface area contributed by atoms with Crippen LogP contribution in [0.3, 0.4) is 0 Å². The van der Waals surface area contributed by atoms with Crippen LogP contribution in [0.5, 0.6) is 0 Å². The van der Waals surface area contributed by atoms with Gasteiger partial charge in [0.15, 0.2) is 0 Å². The maximum Gasteiger partial charge on any atom is 0.224 e. The zero-order chi connectivity index (χ0) is 16.3. The summed E-state index contributed by atoms with van der Waals surface area (Å²) in [5, 5.41) is 3.19. The molecule has 1 amide bonds. The average molecular weight is 339 g/mol. The Morgan fingerprint density at radius 1 is 1.17 bits per heavy atom. The highest BCUT2D eigenvalue weighted by Crippen LogP contribution is 2.33. The Morgan fingerprint density at radius 2 is 1.74 bits per heavy atom. The molecule has 2 rings (SSSR count). The number of anilines is 1. The molecule has 0 bridgehead atoms. The molecule has 1 aliphatic carbocycles. The summed E-state index contributed by atoms with van der Waals surface area (Å²) in [6.45, 7) is 8.67. The maximum absolute atomic E-state index is 12.5. The van der Waals surface area contributed by atoms with Gasteiger partial charge in [-0.05, 0) is 41.7 Å². The van der Waals surface area contributed by atoms with Crippen molar-refractivity contribution in [1.82, 2.24) is 0 Å². The van der Waals surface area contributed by atoms with Gasteiger partial charge in [0.2, 0.25) is 5.91 Å². The van der Waals surface area contributed by atoms with Gasteiger partial charge < -0.3 is 11.1 Å². The van der Waals surface area contributed by atoms with Crippen molar-refractivity contribution in [3.63, 3.8) is 0 Å². The minimum Gasteiger partial charge on any atom is -0.327 e. The molecule has 0 heterocycles. The summed E-state index contributed by atoms with van der Waals surface area (Å²) < 4.78 is 0. The lowest BCUT2D eigenvalue weighted by Gasteiger charge is -2.21. The third kappa shape index (κ3) is 4.95. The number of nitrogens with two attached hydrogens (primary N) is 1. The molecule has 0 aromatic heterocycles. The highest BCUT2D eigenvalue weighted by atomic mass is 35.5. The summed E-state index contributed by atoms with van der Waals surface area (Å²) >= 11 is 0. The van der Waals surface area contributed by atoms with Gasteiger partial charge in [-0.3, -0.25) is 4.79 Å². The number of amides is 1. The van der Waals surface area contributed by atoms with Gasteiger partial charge in [-0.25, -0.2) is 0 Å². The molecule has 1 saturated carbocycles. The molecule has 3 nitrogen and oxygen atoms in total. The Hall–Kier alpha value is -1.06. The van der Waals surface area contributed by atoms with Crippen molar-refractivity contribution < 1.29 is 4.79 Å². The summed E-state index contributed by atoms with van der Waals surface area (Å²) in [5.74, 6) is 1.23. The Morgan fingerprint density at radius 3 is 2.17 bits per heavy atom. The van der Waals surface area contributed by atoms with Gasteiger partial charge in [-0.1, -0.05) is 52.3 Å². The molecular formula is C19H31ClN2O. The van der Waals surface area contributed by atoms with E-state index in [1.807, 2.05) is 0 Å². The fourth-order valence-electron chi connectivity index (χ4n) is 3.44. The van der Waals surface area contributed by atoms with Crippen LogP contribution >= 0.6 is 12.4 Å². The minimum atomic E-state index is 0. The first-order valence-corrected chi connectivity index (χ1v) is 8.58. The van der Waals surface area contributed by atoms with E-state index in [4.69, 9.17) is 5.73 Å². The molecule has 0 spiro atoms. The van der Waals surface area contributed by atoms with Crippen molar-refractivity contribution in [2.75, 3.05) is 5.32 Å². The molecule has 0 radical (unpaired) electrons. The highest BCUT2D eigenvalue weighted by molar-refractivity contribution is 5.93. The van der Waals surface area contributed by atoms with Crippen LogP contribution in [0, 0.1) is 5.92 Å². The highest BCUT2D eigenvalue weighted by Gasteiger charge is 2.26. The number of carbonyl (C=O) groups excluding carboxylic acids is 1. The Kier molecular flexibility index (Phi) is 7.56. The predicted molar refractivity (Wildman–Crippen MR) is 100 cm³/mol. The quantitative estimate of drug-likeness (QED) is 0.809. The van der Waals surface area contributed by atoms with Crippen LogP contribution in [0.2, 0.25) is 0 Å². The average Bonchev–Trinajstić information content (AvgIpc) is 2.83. The van der Waals surface area contributed by atoms with E-state index in [2.05, 4.69) is 51.2 Å². The fraction of sp³-hybridized carbons (Fsp3) is 0.632. The van der Waals surface area contributed by atoms with Crippen molar-refractivity contribution in [1.29, 1.82) is 0 Å². The van der Waals surface area contributed by atoms with Crippen LogP contribution in [0.1, 0.15) is 76.3 Å². The Balaban J connectivity index is 0.00000264. The number of hydrogen-bond acceptors (Lipinski definition) is 2. The number of rotatable bonds is 5. The van der Waals surface area contributed by atoms with Crippen LogP contribution in [-0.2, 0) is 4.79 Å². The Bertz CT molecular complexity index is 502. The third-order valence-corrected chi connectivity index (χ3v) is 4.80. The van der Waals surface area contributed by atoms with E-state index >= 15 is 0 Å². The van der Waals surface area contributed by atoms with E-state index in [0.29, 0.717) is 24.2 Å². The first kappa shape index (κ1) is 20.0. The molecule has 1 aliphatic rings. The van der Waals surface area contributed by atoms with Gasteiger partial charge in [0.1, 0.15) is 0 Å². The molecule has 3 N–H and O–H groups in total. The van der Waals surface area contributed by atoms with Crippen LogP contribution in [0.25, 0.3) is 0 Å². The number of hydrogen-bond donors (Lipinski definition) is 2. The topological polar surface area (TPSA) is 55.1 Å². The van der Waals surface area contributed by atoms with E-state index in [1.54, 1.807) is 0 Å². The van der Waals surface area contributed by atoms with E-state index < -0.39 is 0 Å². The summed E-state index contributed by atoms with van der Waals surface area (Å²) in [4.78, 5) is 12.5. The third-order valence-electron chi connectivity index (χ3n) is 4.80. The molecule has 2 atom stereocenters. The van der Waals surface area contributed by atoms with E-state index in [9.17, 15) is 4.79 Å². The normalized spacial score (nSPS) is 20.7. The Labute approximate surface area is 146 Å². The molecule has 1 fully saturated rings. The van der Waals surface area contributed by atoms with Gasteiger partial charge >= 0.3 is 0 Å². The first-order valence-electron chi connectivity index (χ1n) is 8.58. The zero-order valence-corrected chi connectivity index (χ0v) is 15.6. The molecule has 23 heavy (non-hydrogen) atoms. The monoisotopic (exact) mass is 338 g/mol. The number of halogens is 1. The SMILES string of the molecule is CC(C)c1cccc(C(C)C)c1NC(=O)C[C@@H]1CCC[C@H]1N.Cl. The summed E-state index contributed by atoms with van der Waals surface area (Å²) in [7, 11) is 0. The van der Waals surface area contributed by atoms with Crippen LogP contribution in [0.4, 0.5) is 5.69 Å². The number of nitrogens with one attached hydrogen (secondary N) is 1. The van der Waals surface area contributed by atoms with E-state index in [0.717, 1.165) is 24.9 Å². The van der Waals surface area contributed by atoms with Gasteiger partial charge in [-0.2, -0.15) is 0 Å². The number of benzene rings is 1. The molecule has 1 aromatic carbocycles.